The van der Waals surface area contributed by atoms with E-state index in [4.69, 9.17) is 4.74 Å². The molecule has 0 aliphatic rings. The monoisotopic (exact) mass is 632 g/mol. The normalized spacial score (nSPS) is 11.8. The number of aliphatic carboxylic acids is 1. The molecular formula is C31H32N6O7S. The molecule has 0 saturated carbocycles. The maximum Gasteiger partial charge on any atom is 0.323 e. The van der Waals surface area contributed by atoms with E-state index in [1.165, 1.54) is 57.0 Å². The van der Waals surface area contributed by atoms with Crippen molar-refractivity contribution in [3.05, 3.63) is 102 Å². The number of nitrogens with one attached hydrogen (secondary N) is 3. The molecule has 234 valence electrons. The van der Waals surface area contributed by atoms with Crippen molar-refractivity contribution in [2.75, 3.05) is 30.1 Å². The van der Waals surface area contributed by atoms with Gasteiger partial charge >= 0.3 is 12.0 Å². The van der Waals surface area contributed by atoms with Crippen molar-refractivity contribution >= 4 is 45.0 Å². The Labute approximate surface area is 260 Å². The molecule has 3 amide bonds. The summed E-state index contributed by atoms with van der Waals surface area (Å²) in [5.41, 5.74) is 3.12. The SMILES string of the molecule is COc1cc(CC(=O)Nc2ccc(C(CC(=O)O)N(C)S(=O)(=O)c3cccnc3)nc2)ccc1NC(=O)Nc1ccccc1C. The number of carboxylic acids is 1. The van der Waals surface area contributed by atoms with Gasteiger partial charge in [-0.15, -0.1) is 0 Å². The number of para-hydroxylation sites is 1. The number of carbonyl (C=O) groups excluding carboxylic acids is 2. The van der Waals surface area contributed by atoms with Crippen LogP contribution in [-0.2, 0) is 26.0 Å². The summed E-state index contributed by atoms with van der Waals surface area (Å²) in [6.07, 6.45) is 3.38. The van der Waals surface area contributed by atoms with Gasteiger partial charge in [-0.2, -0.15) is 4.31 Å². The number of methoxy groups -OCH3 is 1. The number of ether oxygens (including phenoxy) is 1. The highest BCUT2D eigenvalue weighted by Crippen LogP contribution is 2.29. The van der Waals surface area contributed by atoms with Gasteiger partial charge in [0, 0.05) is 25.1 Å². The smallest absolute Gasteiger partial charge is 0.323 e. The number of hydrogen-bond acceptors (Lipinski definition) is 8. The topological polar surface area (TPSA) is 180 Å². The van der Waals surface area contributed by atoms with Crippen LogP contribution < -0.4 is 20.7 Å². The number of nitrogens with zero attached hydrogens (tertiary/aromatic N) is 3. The van der Waals surface area contributed by atoms with E-state index in [1.54, 1.807) is 24.3 Å². The number of aryl methyl sites for hydroxylation is 1. The number of carboxylic acid groups (broad SMARTS) is 1. The summed E-state index contributed by atoms with van der Waals surface area (Å²) >= 11 is 0. The van der Waals surface area contributed by atoms with Crippen LogP contribution in [0.3, 0.4) is 0 Å². The minimum Gasteiger partial charge on any atom is -0.495 e. The van der Waals surface area contributed by atoms with Gasteiger partial charge in [-0.3, -0.25) is 19.6 Å². The summed E-state index contributed by atoms with van der Waals surface area (Å²) in [6, 6.07) is 16.6. The first-order valence-electron chi connectivity index (χ1n) is 13.6. The molecule has 0 aliphatic carbocycles. The van der Waals surface area contributed by atoms with Gasteiger partial charge in [0.05, 0.1) is 49.3 Å². The first-order chi connectivity index (χ1) is 21.5. The van der Waals surface area contributed by atoms with Crippen LogP contribution in [0.15, 0.2) is 90.2 Å². The van der Waals surface area contributed by atoms with E-state index in [9.17, 15) is 27.9 Å². The van der Waals surface area contributed by atoms with Crippen LogP contribution in [0.5, 0.6) is 5.75 Å². The Hall–Kier alpha value is -5.34. The lowest BCUT2D eigenvalue weighted by atomic mass is 10.1. The molecule has 2 aromatic heterocycles. The van der Waals surface area contributed by atoms with Gasteiger partial charge in [0.2, 0.25) is 15.9 Å². The third-order valence-electron chi connectivity index (χ3n) is 6.80. The van der Waals surface area contributed by atoms with Crippen LogP contribution in [0.1, 0.15) is 29.3 Å². The third-order valence-corrected chi connectivity index (χ3v) is 8.65. The van der Waals surface area contributed by atoms with Gasteiger partial charge in [-0.25, -0.2) is 13.2 Å². The predicted octanol–water partition coefficient (Wildman–Crippen LogP) is 4.46. The van der Waals surface area contributed by atoms with Gasteiger partial charge in [0.1, 0.15) is 10.6 Å². The lowest BCUT2D eigenvalue weighted by Crippen LogP contribution is -2.33. The Morgan fingerprint density at radius 1 is 0.956 bits per heavy atom. The van der Waals surface area contributed by atoms with Crippen LogP contribution in [-0.4, -0.2) is 59.9 Å². The number of amides is 3. The summed E-state index contributed by atoms with van der Waals surface area (Å²) in [4.78, 5) is 44.9. The Morgan fingerprint density at radius 2 is 1.71 bits per heavy atom. The van der Waals surface area contributed by atoms with Gasteiger partial charge in [0.25, 0.3) is 0 Å². The second kappa shape index (κ2) is 14.4. The molecule has 45 heavy (non-hydrogen) atoms. The molecule has 0 saturated heterocycles. The lowest BCUT2D eigenvalue weighted by Gasteiger charge is -2.26. The summed E-state index contributed by atoms with van der Waals surface area (Å²) in [5.74, 6) is -1.22. The Kier molecular flexibility index (Phi) is 10.4. The highest BCUT2D eigenvalue weighted by atomic mass is 32.2. The number of benzene rings is 2. The van der Waals surface area contributed by atoms with E-state index in [0.717, 1.165) is 9.87 Å². The van der Waals surface area contributed by atoms with Crippen molar-refractivity contribution in [2.45, 2.75) is 30.7 Å². The lowest BCUT2D eigenvalue weighted by molar-refractivity contribution is -0.138. The Balaban J connectivity index is 1.41. The van der Waals surface area contributed by atoms with Crippen LogP contribution in [0.25, 0.3) is 0 Å². The van der Waals surface area contributed by atoms with Crippen LogP contribution in [0.2, 0.25) is 0 Å². The molecule has 0 aliphatic heterocycles. The molecule has 14 heteroatoms. The zero-order valence-electron chi connectivity index (χ0n) is 24.7. The minimum atomic E-state index is -4.07. The van der Waals surface area contributed by atoms with Crippen molar-refractivity contribution < 1.29 is 32.6 Å². The molecule has 2 heterocycles. The molecule has 0 bridgehead atoms. The molecular weight excluding hydrogens is 600 g/mol. The number of pyridine rings is 2. The van der Waals surface area contributed by atoms with Crippen molar-refractivity contribution in [3.8, 4) is 5.75 Å². The summed E-state index contributed by atoms with van der Waals surface area (Å²) in [6.45, 7) is 1.88. The van der Waals surface area contributed by atoms with Crippen LogP contribution in [0.4, 0.5) is 21.9 Å². The largest absolute Gasteiger partial charge is 0.495 e. The van der Waals surface area contributed by atoms with E-state index in [1.807, 2.05) is 25.1 Å². The molecule has 0 spiro atoms. The summed E-state index contributed by atoms with van der Waals surface area (Å²) < 4.78 is 32.6. The second-order valence-electron chi connectivity index (χ2n) is 9.95. The van der Waals surface area contributed by atoms with Crippen molar-refractivity contribution in [2.24, 2.45) is 0 Å². The van der Waals surface area contributed by atoms with Crippen LogP contribution in [0, 0.1) is 6.92 Å². The van der Waals surface area contributed by atoms with E-state index in [2.05, 4.69) is 25.9 Å². The predicted molar refractivity (Wildman–Crippen MR) is 168 cm³/mol. The standard InChI is InChI=1S/C31H32N6O7S/c1-20-7-4-5-9-24(20)35-31(41)36-26-12-10-21(15-28(26)44-3)16-29(38)34-22-11-13-25(33-18-22)27(17-30(39)40)37(2)45(42,43)23-8-6-14-32-19-23/h4-15,18-19,27H,16-17H2,1-3H3,(H,34,38)(H,39,40)(H2,35,36,41). The maximum atomic E-state index is 13.1. The molecule has 4 rings (SSSR count). The fraction of sp³-hybridized carbons (Fsp3) is 0.194. The fourth-order valence-electron chi connectivity index (χ4n) is 4.42. The van der Waals surface area contributed by atoms with Gasteiger partial charge in [-0.1, -0.05) is 24.3 Å². The zero-order valence-corrected chi connectivity index (χ0v) is 25.5. The van der Waals surface area contributed by atoms with Crippen molar-refractivity contribution in [3.63, 3.8) is 0 Å². The number of rotatable bonds is 12. The van der Waals surface area contributed by atoms with Gasteiger partial charge in [0.15, 0.2) is 0 Å². The number of anilines is 3. The molecule has 1 unspecified atom stereocenters. The van der Waals surface area contributed by atoms with Crippen molar-refractivity contribution in [1.82, 2.24) is 14.3 Å². The second-order valence-corrected chi connectivity index (χ2v) is 11.9. The fourth-order valence-corrected chi connectivity index (χ4v) is 5.72. The summed E-state index contributed by atoms with van der Waals surface area (Å²) in [5, 5.41) is 17.7. The number of carbonyl (C=O) groups is 3. The quantitative estimate of drug-likeness (QED) is 0.175. The minimum absolute atomic E-state index is 0.0263. The third kappa shape index (κ3) is 8.40. The number of aromatic nitrogens is 2. The van der Waals surface area contributed by atoms with E-state index in [-0.39, 0.29) is 22.9 Å². The van der Waals surface area contributed by atoms with E-state index in [0.29, 0.717) is 28.4 Å². The first kappa shape index (κ1) is 32.6. The average molecular weight is 633 g/mol. The molecule has 4 aromatic rings. The molecule has 1 atom stereocenters. The highest BCUT2D eigenvalue weighted by molar-refractivity contribution is 7.89. The molecule has 4 N–H and O–H groups in total. The first-order valence-corrected chi connectivity index (χ1v) is 15.1. The van der Waals surface area contributed by atoms with Gasteiger partial charge in [-0.05, 0) is 60.5 Å². The Bertz CT molecular complexity index is 1780. The van der Waals surface area contributed by atoms with Gasteiger partial charge < -0.3 is 25.8 Å². The molecule has 13 nitrogen and oxygen atoms in total. The van der Waals surface area contributed by atoms with E-state index >= 15 is 0 Å². The number of hydrogen-bond donors (Lipinski definition) is 4. The number of urea groups is 1. The van der Waals surface area contributed by atoms with E-state index < -0.39 is 34.5 Å². The van der Waals surface area contributed by atoms with Crippen molar-refractivity contribution in [1.29, 1.82) is 0 Å². The summed E-state index contributed by atoms with van der Waals surface area (Å²) in [7, 11) is -1.34. The van der Waals surface area contributed by atoms with Crippen LogP contribution >= 0.6 is 0 Å². The molecule has 2 aromatic carbocycles. The average Bonchev–Trinajstić information content (AvgIpc) is 3.02. The molecule has 0 fully saturated rings. The zero-order chi connectivity index (χ0) is 32.6. The highest BCUT2D eigenvalue weighted by Gasteiger charge is 2.32. The maximum absolute atomic E-state index is 13.1. The Morgan fingerprint density at radius 3 is 2.36 bits per heavy atom. The molecule has 0 radical (unpaired) electrons. The number of sulfonamides is 1.